The molecule has 0 saturated carbocycles. The minimum atomic E-state index is 0.568. The van der Waals surface area contributed by atoms with Crippen molar-refractivity contribution in [2.45, 2.75) is 13.8 Å². The topological polar surface area (TPSA) is 24.1 Å². The number of nitrogens with one attached hydrogen (secondary N) is 2. The highest BCUT2D eigenvalue weighted by Crippen LogP contribution is 2.29. The predicted molar refractivity (Wildman–Crippen MR) is 89.4 cm³/mol. The molecule has 2 aromatic rings. The molecule has 2 aromatic carbocycles. The summed E-state index contributed by atoms with van der Waals surface area (Å²) in [5.74, 6) is 0. The van der Waals surface area contributed by atoms with Gasteiger partial charge < -0.3 is 10.6 Å². The van der Waals surface area contributed by atoms with E-state index in [1.165, 1.54) is 11.1 Å². The Bertz CT molecular complexity index is 597. The maximum absolute atomic E-state index is 6.11. The van der Waals surface area contributed by atoms with Gasteiger partial charge in [-0.3, -0.25) is 0 Å². The molecule has 0 heterocycles. The molecular weight excluding hydrogens is 291 g/mol. The zero-order valence-corrected chi connectivity index (χ0v) is 13.1. The monoisotopic (exact) mass is 308 g/mol. The van der Waals surface area contributed by atoms with E-state index in [2.05, 4.69) is 42.7 Å². The summed E-state index contributed by atoms with van der Waals surface area (Å²) < 4.78 is 0. The zero-order valence-electron chi connectivity index (χ0n) is 11.6. The van der Waals surface area contributed by atoms with Gasteiger partial charge in [0.25, 0.3) is 0 Å². The third kappa shape index (κ3) is 3.81. The van der Waals surface area contributed by atoms with E-state index >= 15 is 0 Å². The summed E-state index contributed by atoms with van der Waals surface area (Å²) in [5, 5.41) is 7.79. The molecule has 0 atom stereocenters. The number of aryl methyl sites for hydroxylation is 2. The minimum Gasteiger partial charge on any atom is -0.383 e. The number of hydrogen-bond acceptors (Lipinski definition) is 2. The second-order valence-corrected chi connectivity index (χ2v) is 5.54. The molecule has 0 radical (unpaired) electrons. The Morgan fingerprint density at radius 2 is 1.65 bits per heavy atom. The van der Waals surface area contributed by atoms with Crippen molar-refractivity contribution in [2.75, 3.05) is 23.7 Å². The Hall–Kier alpha value is -1.38. The van der Waals surface area contributed by atoms with Crippen LogP contribution in [0.25, 0.3) is 0 Å². The van der Waals surface area contributed by atoms with Crippen molar-refractivity contribution >= 4 is 34.6 Å². The van der Waals surface area contributed by atoms with Crippen LogP contribution >= 0.6 is 23.2 Å². The summed E-state index contributed by atoms with van der Waals surface area (Å²) in [4.78, 5) is 0. The van der Waals surface area contributed by atoms with Crippen molar-refractivity contribution in [3.63, 3.8) is 0 Å². The molecule has 0 aliphatic carbocycles. The van der Waals surface area contributed by atoms with Crippen molar-refractivity contribution in [1.29, 1.82) is 0 Å². The molecule has 2 nitrogen and oxygen atoms in total. The lowest BCUT2D eigenvalue weighted by atomic mass is 10.1. The molecule has 20 heavy (non-hydrogen) atoms. The molecule has 0 aliphatic heterocycles. The molecular formula is C16H18Cl2N2. The number of rotatable bonds is 5. The molecule has 2 N–H and O–H groups in total. The molecule has 0 fully saturated rings. The molecule has 0 aromatic heterocycles. The van der Waals surface area contributed by atoms with Gasteiger partial charge in [0.05, 0.1) is 15.7 Å². The normalized spacial score (nSPS) is 10.4. The smallest absolute Gasteiger partial charge is 0.0823 e. The second-order valence-electron chi connectivity index (χ2n) is 4.75. The van der Waals surface area contributed by atoms with Crippen LogP contribution < -0.4 is 10.6 Å². The molecule has 0 amide bonds. The first-order valence-corrected chi connectivity index (χ1v) is 7.32. The lowest BCUT2D eigenvalue weighted by Gasteiger charge is -2.11. The maximum Gasteiger partial charge on any atom is 0.0823 e. The van der Waals surface area contributed by atoms with E-state index in [1.54, 1.807) is 6.07 Å². The molecule has 0 saturated heterocycles. The van der Waals surface area contributed by atoms with Gasteiger partial charge in [0.1, 0.15) is 0 Å². The Balaban J connectivity index is 1.84. The zero-order chi connectivity index (χ0) is 14.5. The van der Waals surface area contributed by atoms with E-state index in [4.69, 9.17) is 23.2 Å². The fourth-order valence-electron chi connectivity index (χ4n) is 1.90. The predicted octanol–water partition coefficient (Wildman–Crippen LogP) is 5.13. The van der Waals surface area contributed by atoms with Crippen molar-refractivity contribution in [2.24, 2.45) is 0 Å². The van der Waals surface area contributed by atoms with E-state index in [0.29, 0.717) is 10.0 Å². The van der Waals surface area contributed by atoms with Crippen LogP contribution in [0.5, 0.6) is 0 Å². The molecule has 0 unspecified atom stereocenters. The van der Waals surface area contributed by atoms with E-state index in [0.717, 1.165) is 24.5 Å². The third-order valence-electron chi connectivity index (χ3n) is 3.23. The van der Waals surface area contributed by atoms with Gasteiger partial charge in [-0.15, -0.1) is 0 Å². The largest absolute Gasteiger partial charge is 0.383 e. The average molecular weight is 309 g/mol. The van der Waals surface area contributed by atoms with Crippen LogP contribution in [-0.2, 0) is 0 Å². The van der Waals surface area contributed by atoms with Crippen LogP contribution in [0.15, 0.2) is 36.4 Å². The molecule has 0 bridgehead atoms. The standard InChI is InChI=1S/C16H18Cl2N2/c1-11-6-7-13(10-12(11)2)19-8-9-20-15-5-3-4-14(17)16(15)18/h3-7,10,19-20H,8-9H2,1-2H3. The maximum atomic E-state index is 6.11. The lowest BCUT2D eigenvalue weighted by Crippen LogP contribution is -2.13. The number of anilines is 2. The number of hydrogen-bond donors (Lipinski definition) is 2. The van der Waals surface area contributed by atoms with Gasteiger partial charge in [0.2, 0.25) is 0 Å². The first-order chi connectivity index (χ1) is 9.58. The molecule has 4 heteroatoms. The third-order valence-corrected chi connectivity index (χ3v) is 4.05. The van der Waals surface area contributed by atoms with Gasteiger partial charge in [-0.2, -0.15) is 0 Å². The van der Waals surface area contributed by atoms with Gasteiger partial charge in [-0.05, 0) is 49.2 Å². The lowest BCUT2D eigenvalue weighted by molar-refractivity contribution is 1.08. The van der Waals surface area contributed by atoms with E-state index in [-0.39, 0.29) is 0 Å². The van der Waals surface area contributed by atoms with E-state index < -0.39 is 0 Å². The number of benzene rings is 2. The Kier molecular flexibility index (Phi) is 5.16. The van der Waals surface area contributed by atoms with Crippen molar-refractivity contribution in [1.82, 2.24) is 0 Å². The SMILES string of the molecule is Cc1ccc(NCCNc2cccc(Cl)c2Cl)cc1C. The van der Waals surface area contributed by atoms with Crippen LogP contribution in [-0.4, -0.2) is 13.1 Å². The fourth-order valence-corrected chi connectivity index (χ4v) is 2.26. The van der Waals surface area contributed by atoms with Crippen LogP contribution in [0, 0.1) is 13.8 Å². The summed E-state index contributed by atoms with van der Waals surface area (Å²) in [7, 11) is 0. The van der Waals surface area contributed by atoms with E-state index in [9.17, 15) is 0 Å². The van der Waals surface area contributed by atoms with Crippen molar-refractivity contribution in [3.05, 3.63) is 57.6 Å². The van der Waals surface area contributed by atoms with Gasteiger partial charge in [0.15, 0.2) is 0 Å². The summed E-state index contributed by atoms with van der Waals surface area (Å²) in [5.41, 5.74) is 4.59. The van der Waals surface area contributed by atoms with Crippen LogP contribution in [0.1, 0.15) is 11.1 Å². The number of halogens is 2. The van der Waals surface area contributed by atoms with Gasteiger partial charge >= 0.3 is 0 Å². The Morgan fingerprint density at radius 1 is 0.900 bits per heavy atom. The first kappa shape index (κ1) is 15.0. The summed E-state index contributed by atoms with van der Waals surface area (Å²) >= 11 is 12.1. The van der Waals surface area contributed by atoms with Gasteiger partial charge in [-0.1, -0.05) is 35.3 Å². The second kappa shape index (κ2) is 6.87. The van der Waals surface area contributed by atoms with E-state index in [1.807, 2.05) is 12.1 Å². The summed E-state index contributed by atoms with van der Waals surface area (Å²) in [6.07, 6.45) is 0. The van der Waals surface area contributed by atoms with Crippen LogP contribution in [0.3, 0.4) is 0 Å². The van der Waals surface area contributed by atoms with Crippen molar-refractivity contribution in [3.8, 4) is 0 Å². The quantitative estimate of drug-likeness (QED) is 0.748. The van der Waals surface area contributed by atoms with Gasteiger partial charge in [0, 0.05) is 18.8 Å². The highest BCUT2D eigenvalue weighted by atomic mass is 35.5. The average Bonchev–Trinajstić information content (AvgIpc) is 2.43. The van der Waals surface area contributed by atoms with Crippen LogP contribution in [0.4, 0.5) is 11.4 Å². The Labute approximate surface area is 130 Å². The van der Waals surface area contributed by atoms with Gasteiger partial charge in [-0.25, -0.2) is 0 Å². The first-order valence-electron chi connectivity index (χ1n) is 6.57. The summed E-state index contributed by atoms with van der Waals surface area (Å²) in [6.45, 7) is 5.81. The minimum absolute atomic E-state index is 0.568. The molecule has 106 valence electrons. The molecule has 0 spiro atoms. The van der Waals surface area contributed by atoms with Crippen LogP contribution in [0.2, 0.25) is 10.0 Å². The highest BCUT2D eigenvalue weighted by Gasteiger charge is 2.03. The molecule has 0 aliphatic rings. The highest BCUT2D eigenvalue weighted by molar-refractivity contribution is 6.43. The van der Waals surface area contributed by atoms with Crippen molar-refractivity contribution < 1.29 is 0 Å². The summed E-state index contributed by atoms with van der Waals surface area (Å²) in [6, 6.07) is 12.0. The Morgan fingerprint density at radius 3 is 2.40 bits per heavy atom. The fraction of sp³-hybridized carbons (Fsp3) is 0.250. The molecule has 2 rings (SSSR count).